The summed E-state index contributed by atoms with van der Waals surface area (Å²) in [4.78, 5) is 23.4. The van der Waals surface area contributed by atoms with Gasteiger partial charge in [-0.3, -0.25) is 4.79 Å². The third-order valence-electron chi connectivity index (χ3n) is 3.46. The van der Waals surface area contributed by atoms with E-state index in [2.05, 4.69) is 20.8 Å². The van der Waals surface area contributed by atoms with Gasteiger partial charge in [-0.2, -0.15) is 0 Å². The number of carbonyl (C=O) groups excluding carboxylic acids is 1. The van der Waals surface area contributed by atoms with E-state index >= 15 is 0 Å². The molecule has 1 amide bonds. The molecule has 0 radical (unpaired) electrons. The van der Waals surface area contributed by atoms with E-state index in [9.17, 15) is 14.7 Å². The van der Waals surface area contributed by atoms with Gasteiger partial charge in [0.05, 0.1) is 23.0 Å². The third kappa shape index (κ3) is 3.50. The zero-order chi connectivity index (χ0) is 16.4. The number of nitrogens with zero attached hydrogens (tertiary/aromatic N) is 4. The number of hydrogen-bond acceptors (Lipinski definition) is 6. The van der Waals surface area contributed by atoms with Crippen LogP contribution in [0.3, 0.4) is 0 Å². The number of nitrogens with one attached hydrogen (secondary N) is 1. The molecule has 1 fully saturated rings. The summed E-state index contributed by atoms with van der Waals surface area (Å²) in [7, 11) is 0. The Morgan fingerprint density at radius 2 is 2.22 bits per heavy atom. The molecule has 9 heteroatoms. The average molecular weight is 333 g/mol. The van der Waals surface area contributed by atoms with Gasteiger partial charge < -0.3 is 10.4 Å². The Hall–Kier alpha value is -2.42. The highest BCUT2D eigenvalue weighted by Gasteiger charge is 2.28. The second-order valence-corrected chi connectivity index (χ2v) is 6.22. The Labute approximate surface area is 136 Å². The molecule has 0 atom stereocenters. The molecule has 0 unspecified atom stereocenters. The van der Waals surface area contributed by atoms with Crippen molar-refractivity contribution in [3.05, 3.63) is 29.3 Å². The number of benzene rings is 1. The number of carboxylic acids is 1. The molecule has 1 aromatic heterocycles. The number of amides is 1. The first-order chi connectivity index (χ1) is 11.1. The lowest BCUT2D eigenvalue weighted by Gasteiger charge is -2.11. The SMILES string of the molecule is Cc1cccc(C(=O)O)c1NC(=O)CSc1nnnn1C1CC1. The molecule has 8 nitrogen and oxygen atoms in total. The fraction of sp³-hybridized carbons (Fsp3) is 0.357. The van der Waals surface area contributed by atoms with Crippen LogP contribution in [0, 0.1) is 6.92 Å². The van der Waals surface area contributed by atoms with Crippen molar-refractivity contribution < 1.29 is 14.7 Å². The largest absolute Gasteiger partial charge is 0.478 e. The lowest BCUT2D eigenvalue weighted by molar-refractivity contribution is -0.113. The van der Waals surface area contributed by atoms with Gasteiger partial charge in [0.1, 0.15) is 0 Å². The van der Waals surface area contributed by atoms with Gasteiger partial charge >= 0.3 is 5.97 Å². The van der Waals surface area contributed by atoms with Crippen LogP contribution in [-0.4, -0.2) is 42.9 Å². The van der Waals surface area contributed by atoms with Crippen molar-refractivity contribution in [3.8, 4) is 0 Å². The summed E-state index contributed by atoms with van der Waals surface area (Å²) >= 11 is 1.24. The Morgan fingerprint density at radius 1 is 1.43 bits per heavy atom. The van der Waals surface area contributed by atoms with Crippen molar-refractivity contribution in [3.63, 3.8) is 0 Å². The van der Waals surface area contributed by atoms with E-state index in [4.69, 9.17) is 0 Å². The minimum absolute atomic E-state index is 0.0752. The molecule has 2 aromatic rings. The molecule has 2 N–H and O–H groups in total. The molecule has 1 aliphatic rings. The van der Waals surface area contributed by atoms with Crippen LogP contribution in [0.5, 0.6) is 0 Å². The molecule has 0 saturated heterocycles. The second kappa shape index (κ2) is 6.37. The molecule has 1 saturated carbocycles. The van der Waals surface area contributed by atoms with Crippen LogP contribution in [0.15, 0.2) is 23.4 Å². The van der Waals surface area contributed by atoms with Crippen molar-refractivity contribution in [2.45, 2.75) is 31.0 Å². The summed E-state index contributed by atoms with van der Waals surface area (Å²) in [5.41, 5.74) is 1.10. The van der Waals surface area contributed by atoms with Crippen LogP contribution in [-0.2, 0) is 4.79 Å². The number of carbonyl (C=O) groups is 2. The Balaban J connectivity index is 1.66. The highest BCUT2D eigenvalue weighted by atomic mass is 32.2. The molecule has 0 bridgehead atoms. The number of para-hydroxylation sites is 1. The fourth-order valence-corrected chi connectivity index (χ4v) is 2.89. The molecular formula is C14H15N5O3S. The van der Waals surface area contributed by atoms with Crippen LogP contribution in [0.4, 0.5) is 5.69 Å². The summed E-state index contributed by atoms with van der Waals surface area (Å²) in [6.45, 7) is 1.75. The number of tetrazole rings is 1. The molecule has 1 heterocycles. The predicted molar refractivity (Wildman–Crippen MR) is 83.6 cm³/mol. The normalized spacial score (nSPS) is 13.8. The second-order valence-electron chi connectivity index (χ2n) is 5.28. The average Bonchev–Trinajstić information content (AvgIpc) is 3.25. The van der Waals surface area contributed by atoms with Gasteiger partial charge in [0.15, 0.2) is 0 Å². The first kappa shape index (κ1) is 15.5. The number of aromatic nitrogens is 4. The molecular weight excluding hydrogens is 318 g/mol. The maximum atomic E-state index is 12.1. The first-order valence-electron chi connectivity index (χ1n) is 7.09. The van der Waals surface area contributed by atoms with E-state index in [-0.39, 0.29) is 17.2 Å². The number of aromatic carboxylic acids is 1. The van der Waals surface area contributed by atoms with E-state index in [1.54, 1.807) is 23.7 Å². The van der Waals surface area contributed by atoms with Crippen molar-refractivity contribution in [2.75, 3.05) is 11.1 Å². The van der Waals surface area contributed by atoms with Crippen LogP contribution < -0.4 is 5.32 Å². The predicted octanol–water partition coefficient (Wildman–Crippen LogP) is 1.75. The summed E-state index contributed by atoms with van der Waals surface area (Å²) in [6, 6.07) is 5.20. The van der Waals surface area contributed by atoms with Crippen molar-refractivity contribution in [1.29, 1.82) is 0 Å². The lowest BCUT2D eigenvalue weighted by atomic mass is 10.1. The molecule has 0 spiro atoms. The third-order valence-corrected chi connectivity index (χ3v) is 4.39. The van der Waals surface area contributed by atoms with Crippen LogP contribution in [0.2, 0.25) is 0 Å². The summed E-state index contributed by atoms with van der Waals surface area (Å²) in [5.74, 6) is -1.26. The maximum Gasteiger partial charge on any atom is 0.337 e. The van der Waals surface area contributed by atoms with Gasteiger partial charge in [-0.05, 0) is 41.8 Å². The van der Waals surface area contributed by atoms with Gasteiger partial charge in [-0.15, -0.1) is 5.10 Å². The Bertz CT molecular complexity index is 757. The highest BCUT2D eigenvalue weighted by Crippen LogP contribution is 2.36. The summed E-state index contributed by atoms with van der Waals surface area (Å²) in [6.07, 6.45) is 2.10. The summed E-state index contributed by atoms with van der Waals surface area (Å²) < 4.78 is 1.73. The molecule has 23 heavy (non-hydrogen) atoms. The number of rotatable bonds is 6. The number of aryl methyl sites for hydroxylation is 1. The smallest absolute Gasteiger partial charge is 0.337 e. The summed E-state index contributed by atoms with van der Waals surface area (Å²) in [5, 5.41) is 23.9. The quantitative estimate of drug-likeness (QED) is 0.775. The van der Waals surface area contributed by atoms with Gasteiger partial charge in [-0.1, -0.05) is 23.9 Å². The minimum atomic E-state index is -1.07. The molecule has 1 aromatic carbocycles. The van der Waals surface area contributed by atoms with Gasteiger partial charge in [0, 0.05) is 0 Å². The molecule has 120 valence electrons. The lowest BCUT2D eigenvalue weighted by Crippen LogP contribution is -2.18. The van der Waals surface area contributed by atoms with E-state index in [1.807, 2.05) is 0 Å². The first-order valence-corrected chi connectivity index (χ1v) is 8.08. The van der Waals surface area contributed by atoms with Crippen LogP contribution in [0.1, 0.15) is 34.8 Å². The highest BCUT2D eigenvalue weighted by molar-refractivity contribution is 7.99. The maximum absolute atomic E-state index is 12.1. The number of hydrogen-bond donors (Lipinski definition) is 2. The minimum Gasteiger partial charge on any atom is -0.478 e. The Kier molecular flexibility index (Phi) is 4.28. The number of thioether (sulfide) groups is 1. The van der Waals surface area contributed by atoms with Gasteiger partial charge in [0.25, 0.3) is 0 Å². The Morgan fingerprint density at radius 3 is 2.91 bits per heavy atom. The monoisotopic (exact) mass is 333 g/mol. The van der Waals surface area contributed by atoms with Crippen LogP contribution in [0.25, 0.3) is 0 Å². The van der Waals surface area contributed by atoms with Gasteiger partial charge in [-0.25, -0.2) is 9.48 Å². The number of carboxylic acid groups (broad SMARTS) is 1. The zero-order valence-electron chi connectivity index (χ0n) is 12.4. The van der Waals surface area contributed by atoms with E-state index in [0.717, 1.165) is 12.8 Å². The topological polar surface area (TPSA) is 110 Å². The van der Waals surface area contributed by atoms with Crippen LogP contribution >= 0.6 is 11.8 Å². The standard InChI is InChI=1S/C14H15N5O3S/c1-8-3-2-4-10(13(21)22)12(8)15-11(20)7-23-14-16-17-18-19(14)9-5-6-9/h2-4,9H,5-7H2,1H3,(H,15,20)(H,21,22). The molecule has 1 aliphatic carbocycles. The molecule has 3 rings (SSSR count). The molecule has 0 aliphatic heterocycles. The van der Waals surface area contributed by atoms with E-state index in [1.165, 1.54) is 17.8 Å². The van der Waals surface area contributed by atoms with E-state index < -0.39 is 5.97 Å². The zero-order valence-corrected chi connectivity index (χ0v) is 13.2. The van der Waals surface area contributed by atoms with Crippen molar-refractivity contribution in [1.82, 2.24) is 20.2 Å². The van der Waals surface area contributed by atoms with Crippen molar-refractivity contribution in [2.24, 2.45) is 0 Å². The fourth-order valence-electron chi connectivity index (χ4n) is 2.15. The van der Waals surface area contributed by atoms with Gasteiger partial charge in [0.2, 0.25) is 11.1 Å². The van der Waals surface area contributed by atoms with Crippen molar-refractivity contribution >= 4 is 29.3 Å². The number of anilines is 1. The van der Waals surface area contributed by atoms with E-state index in [0.29, 0.717) is 22.4 Å².